The summed E-state index contributed by atoms with van der Waals surface area (Å²) in [6.07, 6.45) is 3.07. The quantitative estimate of drug-likeness (QED) is 0.675. The van der Waals surface area contributed by atoms with E-state index < -0.39 is 10.0 Å². The Morgan fingerprint density at radius 2 is 1.89 bits per heavy atom. The van der Waals surface area contributed by atoms with Gasteiger partial charge in [0, 0.05) is 17.7 Å². The molecule has 142 valence electrons. The lowest BCUT2D eigenvalue weighted by atomic mass is 10.0. The first-order valence-corrected chi connectivity index (χ1v) is 10.3. The Kier molecular flexibility index (Phi) is 5.62. The lowest BCUT2D eigenvalue weighted by Crippen LogP contribution is -2.14. The van der Waals surface area contributed by atoms with Crippen molar-refractivity contribution in [1.29, 1.82) is 0 Å². The predicted molar refractivity (Wildman–Crippen MR) is 106 cm³/mol. The Morgan fingerprint density at radius 3 is 2.56 bits per heavy atom. The molecule has 1 aromatic heterocycles. The molecule has 0 bridgehead atoms. The van der Waals surface area contributed by atoms with Crippen LogP contribution in [0, 0.1) is 6.92 Å². The van der Waals surface area contributed by atoms with E-state index in [1.54, 1.807) is 13.1 Å². The predicted octanol–water partition coefficient (Wildman–Crippen LogP) is 3.09. The van der Waals surface area contributed by atoms with Gasteiger partial charge >= 0.3 is 0 Å². The Hall–Kier alpha value is -2.64. The van der Waals surface area contributed by atoms with Crippen molar-refractivity contribution in [3.05, 3.63) is 71.5 Å². The van der Waals surface area contributed by atoms with E-state index >= 15 is 0 Å². The van der Waals surface area contributed by atoms with Gasteiger partial charge in [0.05, 0.1) is 18.1 Å². The zero-order chi connectivity index (χ0) is 19.4. The molecule has 0 unspecified atom stereocenters. The van der Waals surface area contributed by atoms with E-state index in [0.29, 0.717) is 13.2 Å². The maximum Gasteiger partial charge on any atom is 0.253 e. The van der Waals surface area contributed by atoms with Gasteiger partial charge in [-0.15, -0.1) is 0 Å². The molecule has 0 spiro atoms. The molecule has 3 rings (SSSR count). The first-order chi connectivity index (χ1) is 12.9. The van der Waals surface area contributed by atoms with Gasteiger partial charge in [0.15, 0.2) is 0 Å². The van der Waals surface area contributed by atoms with Gasteiger partial charge in [-0.1, -0.05) is 30.3 Å². The van der Waals surface area contributed by atoms with Crippen LogP contribution >= 0.6 is 0 Å². The Labute approximate surface area is 159 Å². The van der Waals surface area contributed by atoms with Crippen molar-refractivity contribution in [2.24, 2.45) is 5.73 Å². The molecule has 0 aliphatic heterocycles. The van der Waals surface area contributed by atoms with Crippen LogP contribution in [0.15, 0.2) is 54.9 Å². The highest BCUT2D eigenvalue weighted by Gasteiger charge is 2.15. The molecule has 0 amide bonds. The fourth-order valence-electron chi connectivity index (χ4n) is 2.84. The molecular formula is C20H23N3O3S. The maximum absolute atomic E-state index is 12.0. The van der Waals surface area contributed by atoms with Crippen LogP contribution in [0.4, 0.5) is 0 Å². The zero-order valence-electron chi connectivity index (χ0n) is 15.4. The topological polar surface area (TPSA) is 87.2 Å². The first-order valence-electron chi connectivity index (χ1n) is 8.73. The van der Waals surface area contributed by atoms with Crippen molar-refractivity contribution in [1.82, 2.24) is 9.19 Å². The van der Waals surface area contributed by atoms with Crippen LogP contribution in [0.2, 0.25) is 0 Å². The second-order valence-electron chi connectivity index (χ2n) is 6.26. The number of nitrogens with zero attached hydrogens (tertiary/aromatic N) is 2. The standard InChI is InChI=1S/C20H23N3O3S/c1-3-27(24,25)23-13-19(12-22-23)17-9-15(2)20(18(10-17)11-21)26-14-16-7-5-4-6-8-16/h4-10,12-13H,3,11,14,21H2,1-2H3. The normalized spacial score (nSPS) is 11.5. The minimum atomic E-state index is -3.40. The minimum Gasteiger partial charge on any atom is -0.488 e. The number of hydrogen-bond acceptors (Lipinski definition) is 5. The van der Waals surface area contributed by atoms with Crippen molar-refractivity contribution < 1.29 is 13.2 Å². The summed E-state index contributed by atoms with van der Waals surface area (Å²) in [7, 11) is -3.40. The van der Waals surface area contributed by atoms with Crippen molar-refractivity contribution in [3.8, 4) is 16.9 Å². The average Bonchev–Trinajstić information content (AvgIpc) is 3.18. The summed E-state index contributed by atoms with van der Waals surface area (Å²) in [5, 5.41) is 3.98. The Bertz CT molecular complexity index is 1030. The third-order valence-electron chi connectivity index (χ3n) is 4.34. The summed E-state index contributed by atoms with van der Waals surface area (Å²) in [6, 6.07) is 13.8. The second kappa shape index (κ2) is 7.94. The molecule has 0 saturated heterocycles. The largest absolute Gasteiger partial charge is 0.488 e. The molecule has 2 aromatic carbocycles. The molecule has 7 heteroatoms. The van der Waals surface area contributed by atoms with Crippen LogP contribution < -0.4 is 10.5 Å². The molecule has 0 radical (unpaired) electrons. The fraction of sp³-hybridized carbons (Fsp3) is 0.250. The number of nitrogens with two attached hydrogens (primary N) is 1. The SMILES string of the molecule is CCS(=O)(=O)n1cc(-c2cc(C)c(OCc3ccccc3)c(CN)c2)cn1. The zero-order valence-corrected chi connectivity index (χ0v) is 16.2. The highest BCUT2D eigenvalue weighted by atomic mass is 32.2. The molecule has 0 saturated carbocycles. The van der Waals surface area contributed by atoms with Gasteiger partial charge in [-0.2, -0.15) is 9.19 Å². The number of aryl methyl sites for hydroxylation is 1. The van der Waals surface area contributed by atoms with E-state index in [1.807, 2.05) is 49.4 Å². The van der Waals surface area contributed by atoms with Gasteiger partial charge in [0.2, 0.25) is 0 Å². The molecular weight excluding hydrogens is 362 g/mol. The molecule has 3 aromatic rings. The van der Waals surface area contributed by atoms with Gasteiger partial charge in [-0.25, -0.2) is 8.42 Å². The van der Waals surface area contributed by atoms with Crippen LogP contribution in [0.25, 0.3) is 11.1 Å². The van der Waals surface area contributed by atoms with Crippen LogP contribution in [-0.4, -0.2) is 23.4 Å². The van der Waals surface area contributed by atoms with E-state index in [4.69, 9.17) is 10.5 Å². The fourth-order valence-corrected chi connectivity index (χ4v) is 3.57. The number of aromatic nitrogens is 2. The molecule has 1 heterocycles. The monoisotopic (exact) mass is 385 g/mol. The Morgan fingerprint density at radius 1 is 1.15 bits per heavy atom. The van der Waals surface area contributed by atoms with Crippen LogP contribution in [0.3, 0.4) is 0 Å². The lowest BCUT2D eigenvalue weighted by molar-refractivity contribution is 0.301. The molecule has 27 heavy (non-hydrogen) atoms. The van der Waals surface area contributed by atoms with Gasteiger partial charge in [0.25, 0.3) is 10.0 Å². The first kappa shape index (κ1) is 19.1. The number of rotatable bonds is 7. The van der Waals surface area contributed by atoms with Gasteiger partial charge in [-0.3, -0.25) is 0 Å². The van der Waals surface area contributed by atoms with E-state index in [1.165, 1.54) is 6.20 Å². The average molecular weight is 385 g/mol. The molecule has 0 atom stereocenters. The summed E-state index contributed by atoms with van der Waals surface area (Å²) < 4.78 is 31.0. The third kappa shape index (κ3) is 4.20. The van der Waals surface area contributed by atoms with Gasteiger partial charge in [-0.05, 0) is 42.7 Å². The Balaban J connectivity index is 1.90. The summed E-state index contributed by atoms with van der Waals surface area (Å²) in [4.78, 5) is 0. The van der Waals surface area contributed by atoms with Crippen molar-refractivity contribution in [2.45, 2.75) is 27.0 Å². The number of hydrogen-bond donors (Lipinski definition) is 1. The van der Waals surface area contributed by atoms with E-state index in [9.17, 15) is 8.42 Å². The van der Waals surface area contributed by atoms with Crippen molar-refractivity contribution >= 4 is 10.0 Å². The summed E-state index contributed by atoms with van der Waals surface area (Å²) in [5.74, 6) is 0.756. The summed E-state index contributed by atoms with van der Waals surface area (Å²) >= 11 is 0. The van der Waals surface area contributed by atoms with Crippen LogP contribution in [0.5, 0.6) is 5.75 Å². The van der Waals surface area contributed by atoms with Gasteiger partial charge in [0.1, 0.15) is 12.4 Å². The molecule has 0 aliphatic rings. The molecule has 2 N–H and O–H groups in total. The lowest BCUT2D eigenvalue weighted by Gasteiger charge is -2.15. The second-order valence-corrected chi connectivity index (χ2v) is 8.38. The van der Waals surface area contributed by atoms with Gasteiger partial charge < -0.3 is 10.5 Å². The third-order valence-corrected chi connectivity index (χ3v) is 5.84. The number of benzene rings is 2. The molecule has 6 nitrogen and oxygen atoms in total. The minimum absolute atomic E-state index is 0.00649. The van der Waals surface area contributed by atoms with E-state index in [0.717, 1.165) is 37.7 Å². The van der Waals surface area contributed by atoms with Crippen molar-refractivity contribution in [2.75, 3.05) is 5.75 Å². The highest BCUT2D eigenvalue weighted by molar-refractivity contribution is 7.89. The highest BCUT2D eigenvalue weighted by Crippen LogP contribution is 2.31. The summed E-state index contributed by atoms with van der Waals surface area (Å²) in [6.45, 7) is 4.32. The maximum atomic E-state index is 12.0. The van der Waals surface area contributed by atoms with Crippen molar-refractivity contribution in [3.63, 3.8) is 0 Å². The van der Waals surface area contributed by atoms with Crippen LogP contribution in [-0.2, 0) is 23.2 Å². The molecule has 0 fully saturated rings. The van der Waals surface area contributed by atoms with E-state index in [-0.39, 0.29) is 5.75 Å². The van der Waals surface area contributed by atoms with E-state index in [2.05, 4.69) is 5.10 Å². The molecule has 0 aliphatic carbocycles. The smallest absolute Gasteiger partial charge is 0.253 e. The number of ether oxygens (including phenoxy) is 1. The van der Waals surface area contributed by atoms with Crippen LogP contribution in [0.1, 0.15) is 23.6 Å². The summed E-state index contributed by atoms with van der Waals surface area (Å²) in [5.41, 5.74) is 10.4.